The van der Waals surface area contributed by atoms with Crippen LogP contribution in [0.4, 0.5) is 0 Å². The van der Waals surface area contributed by atoms with Crippen molar-refractivity contribution in [3.8, 4) is 0 Å². The van der Waals surface area contributed by atoms with Crippen molar-refractivity contribution >= 4 is 35.5 Å². The van der Waals surface area contributed by atoms with Crippen LogP contribution in [-0.2, 0) is 19.2 Å². The fourth-order valence-corrected chi connectivity index (χ4v) is 2.51. The van der Waals surface area contributed by atoms with Crippen LogP contribution in [0.15, 0.2) is 0 Å². The molecule has 4 atom stereocenters. The first-order chi connectivity index (χ1) is 12.5. The van der Waals surface area contributed by atoms with Gasteiger partial charge in [-0.3, -0.25) is 14.4 Å². The molecule has 0 saturated heterocycles. The first-order valence-corrected chi connectivity index (χ1v) is 9.93. The van der Waals surface area contributed by atoms with Crippen LogP contribution in [0.3, 0.4) is 0 Å². The van der Waals surface area contributed by atoms with Gasteiger partial charge in [-0.2, -0.15) is 11.8 Å². The normalized spacial score (nSPS) is 15.4. The Bertz CT molecular complexity index is 531. The van der Waals surface area contributed by atoms with Crippen LogP contribution >= 0.6 is 11.8 Å². The van der Waals surface area contributed by atoms with E-state index in [4.69, 9.17) is 15.9 Å². The standard InChI is InChI=1S/C16H30N4O6S/c1-8(2)12(15(24)19-11(7-21)16(25)26)20-13(22)9(3)18-14(23)10(17)5-6-27-4/h8-12,21H,5-7,17H2,1-4H3,(H,18,23)(H,19,24)(H,20,22)(H,25,26). The lowest BCUT2D eigenvalue weighted by Gasteiger charge is -2.25. The molecule has 0 aliphatic carbocycles. The topological polar surface area (TPSA) is 171 Å². The number of aliphatic hydroxyl groups excluding tert-OH is 1. The number of carboxylic acid groups (broad SMARTS) is 1. The minimum Gasteiger partial charge on any atom is -0.480 e. The van der Waals surface area contributed by atoms with E-state index in [1.807, 2.05) is 6.26 Å². The lowest BCUT2D eigenvalue weighted by atomic mass is 10.0. The lowest BCUT2D eigenvalue weighted by molar-refractivity contribution is -0.143. The predicted molar refractivity (Wildman–Crippen MR) is 102 cm³/mol. The van der Waals surface area contributed by atoms with E-state index in [2.05, 4.69) is 16.0 Å². The summed E-state index contributed by atoms with van der Waals surface area (Å²) in [6.07, 6.45) is 2.36. The molecular weight excluding hydrogens is 376 g/mol. The van der Waals surface area contributed by atoms with Gasteiger partial charge in [0.1, 0.15) is 18.1 Å². The monoisotopic (exact) mass is 406 g/mol. The van der Waals surface area contributed by atoms with E-state index >= 15 is 0 Å². The van der Waals surface area contributed by atoms with E-state index in [-0.39, 0.29) is 5.92 Å². The van der Waals surface area contributed by atoms with E-state index in [1.54, 1.807) is 25.6 Å². The van der Waals surface area contributed by atoms with E-state index < -0.39 is 54.5 Å². The molecule has 0 fully saturated rings. The van der Waals surface area contributed by atoms with Crippen molar-refractivity contribution in [2.75, 3.05) is 18.6 Å². The summed E-state index contributed by atoms with van der Waals surface area (Å²) in [6.45, 7) is 4.01. The molecule has 0 spiro atoms. The van der Waals surface area contributed by atoms with Gasteiger partial charge in [-0.1, -0.05) is 13.8 Å². The highest BCUT2D eigenvalue weighted by atomic mass is 32.2. The Kier molecular flexibility index (Phi) is 11.7. The second kappa shape index (κ2) is 12.5. The number of aliphatic hydroxyl groups is 1. The molecule has 0 aliphatic heterocycles. The molecule has 0 rings (SSSR count). The van der Waals surface area contributed by atoms with Crippen LogP contribution < -0.4 is 21.7 Å². The molecule has 27 heavy (non-hydrogen) atoms. The molecule has 156 valence electrons. The Morgan fingerprint density at radius 3 is 2.04 bits per heavy atom. The first kappa shape index (κ1) is 25.1. The van der Waals surface area contributed by atoms with Gasteiger partial charge >= 0.3 is 5.97 Å². The second-order valence-electron chi connectivity index (χ2n) is 6.43. The summed E-state index contributed by atoms with van der Waals surface area (Å²) >= 11 is 1.55. The van der Waals surface area contributed by atoms with Gasteiger partial charge in [0, 0.05) is 0 Å². The number of carbonyl (C=O) groups excluding carboxylic acids is 3. The zero-order chi connectivity index (χ0) is 21.1. The zero-order valence-corrected chi connectivity index (χ0v) is 16.8. The molecule has 0 aromatic rings. The minimum atomic E-state index is -1.47. The van der Waals surface area contributed by atoms with E-state index in [1.165, 1.54) is 6.92 Å². The number of rotatable bonds is 12. The van der Waals surface area contributed by atoms with Gasteiger partial charge in [-0.05, 0) is 31.3 Å². The highest BCUT2D eigenvalue weighted by Crippen LogP contribution is 2.04. The minimum absolute atomic E-state index is 0.353. The summed E-state index contributed by atoms with van der Waals surface area (Å²) in [6, 6.07) is -4.17. The average molecular weight is 407 g/mol. The maximum Gasteiger partial charge on any atom is 0.328 e. The van der Waals surface area contributed by atoms with Crippen molar-refractivity contribution in [1.29, 1.82) is 0 Å². The quantitative estimate of drug-likeness (QED) is 0.222. The van der Waals surface area contributed by atoms with Gasteiger partial charge in [0.25, 0.3) is 0 Å². The van der Waals surface area contributed by atoms with Crippen molar-refractivity contribution in [1.82, 2.24) is 16.0 Å². The average Bonchev–Trinajstić information content (AvgIpc) is 2.60. The van der Waals surface area contributed by atoms with Gasteiger partial charge in [-0.15, -0.1) is 0 Å². The summed E-state index contributed by atoms with van der Waals surface area (Å²) in [4.78, 5) is 47.5. The Morgan fingerprint density at radius 2 is 1.59 bits per heavy atom. The van der Waals surface area contributed by atoms with Crippen LogP contribution in [0.25, 0.3) is 0 Å². The number of aliphatic carboxylic acids is 1. The summed E-state index contributed by atoms with van der Waals surface area (Å²) in [5, 5.41) is 25.0. The molecule has 10 nitrogen and oxygen atoms in total. The van der Waals surface area contributed by atoms with Crippen molar-refractivity contribution in [2.24, 2.45) is 11.7 Å². The molecule has 0 aromatic heterocycles. The third-order valence-electron chi connectivity index (χ3n) is 3.77. The maximum absolute atomic E-state index is 12.3. The molecular formula is C16H30N4O6S. The summed E-state index contributed by atoms with van der Waals surface area (Å²) < 4.78 is 0. The summed E-state index contributed by atoms with van der Waals surface area (Å²) in [5.74, 6) is -2.85. The van der Waals surface area contributed by atoms with E-state index in [0.717, 1.165) is 0 Å². The zero-order valence-electron chi connectivity index (χ0n) is 16.0. The Balaban J connectivity index is 4.85. The number of carboxylic acids is 1. The Hall–Kier alpha value is -1.85. The molecule has 0 radical (unpaired) electrons. The number of carbonyl (C=O) groups is 4. The van der Waals surface area contributed by atoms with Gasteiger partial charge in [0.2, 0.25) is 17.7 Å². The number of hydrogen-bond donors (Lipinski definition) is 6. The smallest absolute Gasteiger partial charge is 0.328 e. The third kappa shape index (κ3) is 9.07. The number of nitrogens with one attached hydrogen (secondary N) is 3. The van der Waals surface area contributed by atoms with E-state index in [9.17, 15) is 19.2 Å². The highest BCUT2D eigenvalue weighted by molar-refractivity contribution is 7.98. The number of hydrogen-bond acceptors (Lipinski definition) is 7. The fraction of sp³-hybridized carbons (Fsp3) is 0.750. The predicted octanol–water partition coefficient (Wildman–Crippen LogP) is -1.73. The molecule has 4 unspecified atom stereocenters. The molecule has 11 heteroatoms. The number of nitrogens with two attached hydrogens (primary N) is 1. The first-order valence-electron chi connectivity index (χ1n) is 8.54. The van der Waals surface area contributed by atoms with Crippen LogP contribution in [0.5, 0.6) is 0 Å². The van der Waals surface area contributed by atoms with E-state index in [0.29, 0.717) is 12.2 Å². The number of thioether (sulfide) groups is 1. The van der Waals surface area contributed by atoms with Crippen molar-refractivity contribution in [3.63, 3.8) is 0 Å². The molecule has 7 N–H and O–H groups in total. The Labute approximate surface area is 163 Å². The summed E-state index contributed by atoms with van der Waals surface area (Å²) in [5.41, 5.74) is 5.75. The third-order valence-corrected chi connectivity index (χ3v) is 4.41. The highest BCUT2D eigenvalue weighted by Gasteiger charge is 2.30. The second-order valence-corrected chi connectivity index (χ2v) is 7.42. The Morgan fingerprint density at radius 1 is 1.00 bits per heavy atom. The van der Waals surface area contributed by atoms with Gasteiger partial charge < -0.3 is 31.9 Å². The summed E-state index contributed by atoms with van der Waals surface area (Å²) in [7, 11) is 0. The van der Waals surface area contributed by atoms with Crippen LogP contribution in [-0.4, -0.2) is 76.7 Å². The molecule has 3 amide bonds. The molecule has 0 aliphatic rings. The van der Waals surface area contributed by atoms with Gasteiger partial charge in [0.05, 0.1) is 12.6 Å². The lowest BCUT2D eigenvalue weighted by Crippen LogP contribution is -2.58. The van der Waals surface area contributed by atoms with Crippen LogP contribution in [0, 0.1) is 5.92 Å². The molecule has 0 bridgehead atoms. The molecule has 0 heterocycles. The number of amides is 3. The largest absolute Gasteiger partial charge is 0.480 e. The SMILES string of the molecule is CSCCC(N)C(=O)NC(C)C(=O)NC(C(=O)NC(CO)C(=O)O)C(C)C. The molecule has 0 saturated carbocycles. The fourth-order valence-electron chi connectivity index (χ4n) is 2.02. The van der Waals surface area contributed by atoms with Crippen LogP contribution in [0.1, 0.15) is 27.2 Å². The molecule has 0 aromatic carbocycles. The van der Waals surface area contributed by atoms with Gasteiger partial charge in [0.15, 0.2) is 0 Å². The maximum atomic E-state index is 12.3. The van der Waals surface area contributed by atoms with Crippen molar-refractivity contribution < 1.29 is 29.4 Å². The van der Waals surface area contributed by atoms with Crippen molar-refractivity contribution in [2.45, 2.75) is 51.4 Å². The van der Waals surface area contributed by atoms with Crippen LogP contribution in [0.2, 0.25) is 0 Å². The van der Waals surface area contributed by atoms with Crippen molar-refractivity contribution in [3.05, 3.63) is 0 Å². The van der Waals surface area contributed by atoms with Gasteiger partial charge in [-0.25, -0.2) is 4.79 Å².